The Balaban J connectivity index is 1.68. The van der Waals surface area contributed by atoms with Crippen LogP contribution in [0.15, 0.2) is 69.9 Å². The second-order valence-electron chi connectivity index (χ2n) is 8.11. The third-order valence-corrected chi connectivity index (χ3v) is 7.43. The molecule has 1 saturated heterocycles. The van der Waals surface area contributed by atoms with Crippen LogP contribution < -0.4 is 14.8 Å². The predicted octanol–water partition coefficient (Wildman–Crippen LogP) is 3.83. The first-order valence-corrected chi connectivity index (χ1v) is 12.9. The quantitative estimate of drug-likeness (QED) is 0.384. The summed E-state index contributed by atoms with van der Waals surface area (Å²) in [6.07, 6.45) is 1.59. The molecule has 1 aliphatic heterocycles. The molecule has 0 bridgehead atoms. The number of hydrogen-bond acceptors (Lipinski definition) is 6. The molecule has 0 unspecified atom stereocenters. The number of aromatic nitrogens is 1. The van der Waals surface area contributed by atoms with Gasteiger partial charge in [0.2, 0.25) is 0 Å². The molecule has 2 aromatic heterocycles. The van der Waals surface area contributed by atoms with E-state index in [9.17, 15) is 14.9 Å². The van der Waals surface area contributed by atoms with Gasteiger partial charge in [-0.2, -0.15) is 5.26 Å². The highest BCUT2D eigenvalue weighted by atomic mass is 35.5. The predicted molar refractivity (Wildman–Crippen MR) is 143 cm³/mol. The van der Waals surface area contributed by atoms with Crippen LogP contribution in [-0.4, -0.2) is 41.7 Å². The van der Waals surface area contributed by atoms with E-state index >= 15 is 0 Å². The number of morpholine rings is 1. The SMILES string of the molecule is N#C/C(C(=O)N1CCOCC1)=c1/s/c(=C/c2ccc(-c3cc(Cl)ccc3Cl)o2)c(=O)n1-c1ccccc1. The van der Waals surface area contributed by atoms with E-state index in [0.717, 1.165) is 11.3 Å². The van der Waals surface area contributed by atoms with Gasteiger partial charge in [-0.25, -0.2) is 0 Å². The first kappa shape index (κ1) is 25.1. The van der Waals surface area contributed by atoms with Crippen LogP contribution in [0, 0.1) is 11.3 Å². The van der Waals surface area contributed by atoms with Crippen LogP contribution in [0.2, 0.25) is 10.0 Å². The van der Waals surface area contributed by atoms with Crippen LogP contribution in [0.1, 0.15) is 5.76 Å². The number of hydrogen-bond donors (Lipinski definition) is 0. The molecule has 0 aliphatic carbocycles. The van der Waals surface area contributed by atoms with Crippen molar-refractivity contribution < 1.29 is 13.9 Å². The molecule has 2 aromatic carbocycles. The molecule has 0 spiro atoms. The maximum atomic E-state index is 13.6. The average molecular weight is 552 g/mol. The van der Waals surface area contributed by atoms with Crippen molar-refractivity contribution in [2.45, 2.75) is 0 Å². The summed E-state index contributed by atoms with van der Waals surface area (Å²) < 4.78 is 13.2. The van der Waals surface area contributed by atoms with Crippen LogP contribution >= 0.6 is 34.5 Å². The van der Waals surface area contributed by atoms with Crippen molar-refractivity contribution >= 4 is 52.1 Å². The molecule has 1 amide bonds. The van der Waals surface area contributed by atoms with E-state index in [-0.39, 0.29) is 15.8 Å². The number of nitriles is 1. The van der Waals surface area contributed by atoms with Crippen molar-refractivity contribution in [3.05, 3.63) is 96.0 Å². The van der Waals surface area contributed by atoms with Crippen LogP contribution in [-0.2, 0) is 9.53 Å². The van der Waals surface area contributed by atoms with Gasteiger partial charge in [0.1, 0.15) is 22.3 Å². The lowest BCUT2D eigenvalue weighted by atomic mass is 10.2. The fourth-order valence-corrected chi connectivity index (χ4v) is 5.42. The van der Waals surface area contributed by atoms with Crippen molar-refractivity contribution in [1.29, 1.82) is 5.26 Å². The summed E-state index contributed by atoms with van der Waals surface area (Å²) in [7, 11) is 0. The van der Waals surface area contributed by atoms with Gasteiger partial charge in [-0.15, -0.1) is 11.3 Å². The van der Waals surface area contributed by atoms with Crippen LogP contribution in [0.25, 0.3) is 28.7 Å². The minimum Gasteiger partial charge on any atom is -0.457 e. The number of carbonyl (C=O) groups is 1. The van der Waals surface area contributed by atoms with E-state index in [1.807, 2.05) is 12.1 Å². The van der Waals surface area contributed by atoms with E-state index in [1.165, 1.54) is 4.57 Å². The molecule has 0 saturated carbocycles. The van der Waals surface area contributed by atoms with Crippen molar-refractivity contribution in [2.24, 2.45) is 0 Å². The van der Waals surface area contributed by atoms with Crippen LogP contribution in [0.4, 0.5) is 0 Å². The smallest absolute Gasteiger partial charge is 0.273 e. The Labute approximate surface area is 225 Å². The highest BCUT2D eigenvalue weighted by Gasteiger charge is 2.24. The highest BCUT2D eigenvalue weighted by molar-refractivity contribution is 7.07. The largest absolute Gasteiger partial charge is 0.457 e. The van der Waals surface area contributed by atoms with Gasteiger partial charge >= 0.3 is 0 Å². The first-order chi connectivity index (χ1) is 18.0. The minimum absolute atomic E-state index is 0.0988. The van der Waals surface area contributed by atoms with E-state index < -0.39 is 5.91 Å². The number of amides is 1. The zero-order chi connectivity index (χ0) is 25.9. The number of rotatable bonds is 4. The van der Waals surface area contributed by atoms with Crippen LogP contribution in [0.5, 0.6) is 0 Å². The maximum absolute atomic E-state index is 13.6. The zero-order valence-corrected chi connectivity index (χ0v) is 21.6. The lowest BCUT2D eigenvalue weighted by Gasteiger charge is -2.26. The minimum atomic E-state index is -0.431. The molecule has 186 valence electrons. The molecule has 1 aliphatic rings. The fourth-order valence-electron chi connectivity index (χ4n) is 3.96. The molecule has 4 aromatic rings. The summed E-state index contributed by atoms with van der Waals surface area (Å²) >= 11 is 13.5. The van der Waals surface area contributed by atoms with Gasteiger partial charge < -0.3 is 14.1 Å². The van der Waals surface area contributed by atoms with E-state index in [4.69, 9.17) is 32.4 Å². The molecule has 3 heterocycles. The number of carbonyl (C=O) groups excluding carboxylic acids is 1. The highest BCUT2D eigenvalue weighted by Crippen LogP contribution is 2.31. The monoisotopic (exact) mass is 551 g/mol. The Bertz CT molecular complexity index is 1690. The summed E-state index contributed by atoms with van der Waals surface area (Å²) in [5.74, 6) is 0.471. The molecule has 37 heavy (non-hydrogen) atoms. The number of halogens is 2. The van der Waals surface area contributed by atoms with E-state index in [0.29, 0.717) is 63.7 Å². The Morgan fingerprint density at radius 2 is 1.81 bits per heavy atom. The second-order valence-corrected chi connectivity index (χ2v) is 9.98. The Kier molecular flexibility index (Phi) is 7.31. The van der Waals surface area contributed by atoms with E-state index in [1.54, 1.807) is 65.6 Å². The topological polar surface area (TPSA) is 88.5 Å². The molecule has 0 N–H and O–H groups in total. The van der Waals surface area contributed by atoms with Crippen molar-refractivity contribution in [3.8, 4) is 23.1 Å². The second kappa shape index (κ2) is 10.8. The molecule has 0 atom stereocenters. The number of nitrogens with zero attached hydrogens (tertiary/aromatic N) is 3. The average Bonchev–Trinajstić information content (AvgIpc) is 3.51. The molecular weight excluding hydrogens is 533 g/mol. The van der Waals surface area contributed by atoms with Gasteiger partial charge in [0.05, 0.1) is 28.5 Å². The first-order valence-electron chi connectivity index (χ1n) is 11.3. The molecule has 5 rings (SSSR count). The van der Waals surface area contributed by atoms with E-state index in [2.05, 4.69) is 0 Å². The number of benzene rings is 2. The zero-order valence-electron chi connectivity index (χ0n) is 19.3. The Morgan fingerprint density at radius 3 is 2.54 bits per heavy atom. The van der Waals surface area contributed by atoms with Gasteiger partial charge in [0.15, 0.2) is 5.57 Å². The van der Waals surface area contributed by atoms with Crippen LogP contribution in [0.3, 0.4) is 0 Å². The van der Waals surface area contributed by atoms with Gasteiger partial charge in [-0.05, 0) is 42.5 Å². The molecule has 7 nitrogen and oxygen atoms in total. The van der Waals surface area contributed by atoms with Gasteiger partial charge in [-0.1, -0.05) is 41.4 Å². The summed E-state index contributed by atoms with van der Waals surface area (Å²) in [4.78, 5) is 28.4. The number of ether oxygens (including phenoxy) is 1. The molecule has 1 fully saturated rings. The van der Waals surface area contributed by atoms with Gasteiger partial charge in [0.25, 0.3) is 11.5 Å². The van der Waals surface area contributed by atoms with Crippen molar-refractivity contribution in [2.75, 3.05) is 26.3 Å². The maximum Gasteiger partial charge on any atom is 0.273 e. The standard InChI is InChI=1S/C27H19Cl2N3O4S/c28-17-6-8-22(29)20(14-17)23-9-7-19(36-23)15-24-26(34)32(18-4-2-1-3-5-18)27(37-24)21(16-30)25(33)31-10-12-35-13-11-31/h1-9,14-15H,10-13H2/b24-15+,27-21-. The molecule has 0 radical (unpaired) electrons. The summed E-state index contributed by atoms with van der Waals surface area (Å²) in [5, 5.41) is 11.0. The Morgan fingerprint density at radius 1 is 1.05 bits per heavy atom. The third-order valence-electron chi connectivity index (χ3n) is 5.77. The van der Waals surface area contributed by atoms with Gasteiger partial charge in [-0.3, -0.25) is 14.2 Å². The molecule has 10 heteroatoms. The number of para-hydroxylation sites is 1. The third kappa shape index (κ3) is 5.13. The summed E-state index contributed by atoms with van der Waals surface area (Å²) in [5.41, 5.74) is 0.705. The summed E-state index contributed by atoms with van der Waals surface area (Å²) in [6.45, 7) is 1.56. The number of thiazole rings is 1. The summed E-state index contributed by atoms with van der Waals surface area (Å²) in [6, 6.07) is 19.5. The normalized spacial score (nSPS) is 14.9. The lowest BCUT2D eigenvalue weighted by Crippen LogP contribution is -2.42. The van der Waals surface area contributed by atoms with Crippen molar-refractivity contribution in [1.82, 2.24) is 9.47 Å². The van der Waals surface area contributed by atoms with Gasteiger partial charge in [0, 0.05) is 29.8 Å². The Hall–Kier alpha value is -3.61. The molecular formula is C27H19Cl2N3O4S. The number of furan rings is 1. The fraction of sp³-hybridized carbons (Fsp3) is 0.148. The lowest BCUT2D eigenvalue weighted by molar-refractivity contribution is -0.128. The van der Waals surface area contributed by atoms with Crippen molar-refractivity contribution in [3.63, 3.8) is 0 Å².